The van der Waals surface area contributed by atoms with Gasteiger partial charge < -0.3 is 9.64 Å². The molecule has 2 saturated heterocycles. The van der Waals surface area contributed by atoms with E-state index in [0.717, 1.165) is 12.5 Å². The topological polar surface area (TPSA) is 30.3 Å². The lowest BCUT2D eigenvalue weighted by Crippen LogP contribution is -2.44. The third-order valence-corrected chi connectivity index (χ3v) is 5.39. The number of likely N-dealkylation sites (tertiary alicyclic amines) is 1. The van der Waals surface area contributed by atoms with Gasteiger partial charge in [-0.3, -0.25) is 4.68 Å². The minimum atomic E-state index is 0.167. The minimum Gasteiger partial charge on any atom is -0.374 e. The summed E-state index contributed by atoms with van der Waals surface area (Å²) in [5.41, 5.74) is 1.52. The van der Waals surface area contributed by atoms with Crippen molar-refractivity contribution < 1.29 is 4.74 Å². The quantitative estimate of drug-likeness (QED) is 0.847. The van der Waals surface area contributed by atoms with Gasteiger partial charge in [0, 0.05) is 38.8 Å². The third-order valence-electron chi connectivity index (χ3n) is 5.39. The van der Waals surface area contributed by atoms with Crippen molar-refractivity contribution in [2.75, 3.05) is 26.2 Å². The molecule has 0 aromatic carbocycles. The van der Waals surface area contributed by atoms with Crippen molar-refractivity contribution in [1.29, 1.82) is 0 Å². The summed E-state index contributed by atoms with van der Waals surface area (Å²) < 4.78 is 8.16. The second-order valence-corrected chi connectivity index (χ2v) is 7.09. The van der Waals surface area contributed by atoms with Gasteiger partial charge >= 0.3 is 0 Å². The molecule has 1 saturated carbocycles. The Labute approximate surface area is 121 Å². The van der Waals surface area contributed by atoms with E-state index in [-0.39, 0.29) is 5.60 Å². The van der Waals surface area contributed by atoms with Crippen LogP contribution in [0.15, 0.2) is 12.4 Å². The maximum Gasteiger partial charge on any atom is 0.0713 e. The first-order chi connectivity index (χ1) is 9.72. The number of piperidine rings is 1. The molecule has 0 radical (unpaired) electrons. The van der Waals surface area contributed by atoms with Crippen LogP contribution >= 0.6 is 0 Å². The average molecular weight is 275 g/mol. The molecule has 0 N–H and O–H groups in total. The second-order valence-electron chi connectivity index (χ2n) is 7.09. The van der Waals surface area contributed by atoms with Gasteiger partial charge in [-0.2, -0.15) is 5.10 Å². The fourth-order valence-corrected chi connectivity index (χ4v) is 3.87. The number of nitrogens with zero attached hydrogens (tertiary/aromatic N) is 3. The molecule has 4 rings (SSSR count). The first-order valence-corrected chi connectivity index (χ1v) is 8.07. The molecule has 2 aliphatic heterocycles. The SMILES string of the molecule is Cn1cc([C@@H]2COC3(CCN(CC4CC4)CC3)C2)cn1. The van der Waals surface area contributed by atoms with Crippen LogP contribution in [0.5, 0.6) is 0 Å². The number of hydrogen-bond donors (Lipinski definition) is 0. The number of aromatic nitrogens is 2. The molecule has 1 aromatic heterocycles. The fraction of sp³-hybridized carbons (Fsp3) is 0.812. The number of ether oxygens (including phenoxy) is 1. The van der Waals surface area contributed by atoms with E-state index in [1.807, 2.05) is 17.9 Å². The summed E-state index contributed by atoms with van der Waals surface area (Å²) in [6.07, 6.45) is 10.7. The largest absolute Gasteiger partial charge is 0.374 e. The summed E-state index contributed by atoms with van der Waals surface area (Å²) in [5, 5.41) is 4.30. The lowest BCUT2D eigenvalue weighted by Gasteiger charge is -2.38. The molecule has 1 aliphatic carbocycles. The Morgan fingerprint density at radius 2 is 2.15 bits per heavy atom. The molecule has 110 valence electrons. The van der Waals surface area contributed by atoms with Crippen LogP contribution in [0.1, 0.15) is 43.6 Å². The average Bonchev–Trinajstić information content (AvgIpc) is 3.00. The summed E-state index contributed by atoms with van der Waals surface area (Å²) >= 11 is 0. The molecule has 1 spiro atoms. The van der Waals surface area contributed by atoms with Crippen molar-refractivity contribution in [1.82, 2.24) is 14.7 Å². The molecule has 20 heavy (non-hydrogen) atoms. The Kier molecular flexibility index (Phi) is 3.11. The highest BCUT2D eigenvalue weighted by molar-refractivity contribution is 5.15. The summed E-state index contributed by atoms with van der Waals surface area (Å²) in [4.78, 5) is 2.66. The zero-order chi connectivity index (χ0) is 13.6. The van der Waals surface area contributed by atoms with Crippen LogP contribution in [0.4, 0.5) is 0 Å². The van der Waals surface area contributed by atoms with Crippen molar-refractivity contribution in [3.05, 3.63) is 18.0 Å². The van der Waals surface area contributed by atoms with Crippen LogP contribution in [-0.2, 0) is 11.8 Å². The monoisotopic (exact) mass is 275 g/mol. The van der Waals surface area contributed by atoms with Crippen molar-refractivity contribution in [2.24, 2.45) is 13.0 Å². The van der Waals surface area contributed by atoms with E-state index >= 15 is 0 Å². The smallest absolute Gasteiger partial charge is 0.0713 e. The van der Waals surface area contributed by atoms with Gasteiger partial charge in [0.05, 0.1) is 18.4 Å². The maximum absolute atomic E-state index is 6.26. The van der Waals surface area contributed by atoms with Crippen LogP contribution < -0.4 is 0 Å². The Bertz CT molecular complexity index is 472. The van der Waals surface area contributed by atoms with E-state index in [0.29, 0.717) is 5.92 Å². The number of aryl methyl sites for hydroxylation is 1. The summed E-state index contributed by atoms with van der Waals surface area (Å²) in [7, 11) is 1.99. The van der Waals surface area contributed by atoms with Gasteiger partial charge in [-0.15, -0.1) is 0 Å². The molecule has 1 aromatic rings. The summed E-state index contributed by atoms with van der Waals surface area (Å²) in [6, 6.07) is 0. The van der Waals surface area contributed by atoms with Gasteiger partial charge in [0.2, 0.25) is 0 Å². The molecule has 0 bridgehead atoms. The molecule has 0 amide bonds. The van der Waals surface area contributed by atoms with Crippen LogP contribution in [0, 0.1) is 5.92 Å². The molecule has 3 fully saturated rings. The van der Waals surface area contributed by atoms with E-state index in [2.05, 4.69) is 16.2 Å². The van der Waals surface area contributed by atoms with Gasteiger partial charge in [-0.1, -0.05) is 0 Å². The summed E-state index contributed by atoms with van der Waals surface area (Å²) in [5.74, 6) is 1.57. The highest BCUT2D eigenvalue weighted by atomic mass is 16.5. The molecular formula is C16H25N3O. The van der Waals surface area contributed by atoms with Crippen LogP contribution in [0.25, 0.3) is 0 Å². The predicted octanol–water partition coefficient (Wildman–Crippen LogP) is 2.17. The van der Waals surface area contributed by atoms with Crippen molar-refractivity contribution in [2.45, 2.75) is 43.6 Å². The normalized spacial score (nSPS) is 30.1. The zero-order valence-corrected chi connectivity index (χ0v) is 12.4. The van der Waals surface area contributed by atoms with Gasteiger partial charge in [0.15, 0.2) is 0 Å². The van der Waals surface area contributed by atoms with Crippen molar-refractivity contribution >= 4 is 0 Å². The Hall–Kier alpha value is -0.870. The van der Waals surface area contributed by atoms with Gasteiger partial charge in [-0.25, -0.2) is 0 Å². The van der Waals surface area contributed by atoms with Gasteiger partial charge in [0.25, 0.3) is 0 Å². The highest BCUT2D eigenvalue weighted by Crippen LogP contribution is 2.43. The lowest BCUT2D eigenvalue weighted by molar-refractivity contribution is -0.0440. The molecule has 4 heteroatoms. The molecule has 1 atom stereocenters. The standard InChI is InChI=1S/C16H25N3O/c1-18-11-15(9-17-18)14-8-16(20-12-14)4-6-19(7-5-16)10-13-2-3-13/h9,11,13-14H,2-8,10,12H2,1H3/t14-/m0/s1. The van der Waals surface area contributed by atoms with E-state index in [1.54, 1.807) is 0 Å². The number of rotatable bonds is 3. The van der Waals surface area contributed by atoms with Crippen molar-refractivity contribution in [3.8, 4) is 0 Å². The molecule has 3 aliphatic rings. The first-order valence-electron chi connectivity index (χ1n) is 8.07. The van der Waals surface area contributed by atoms with Crippen molar-refractivity contribution in [3.63, 3.8) is 0 Å². The Balaban J connectivity index is 1.35. The maximum atomic E-state index is 6.26. The molecular weight excluding hydrogens is 250 g/mol. The highest BCUT2D eigenvalue weighted by Gasteiger charge is 2.43. The van der Waals surface area contributed by atoms with E-state index in [4.69, 9.17) is 4.74 Å². The van der Waals surface area contributed by atoms with Gasteiger partial charge in [0.1, 0.15) is 0 Å². The predicted molar refractivity (Wildman–Crippen MR) is 77.6 cm³/mol. The van der Waals surface area contributed by atoms with E-state index < -0.39 is 0 Å². The minimum absolute atomic E-state index is 0.167. The zero-order valence-electron chi connectivity index (χ0n) is 12.4. The Morgan fingerprint density at radius 1 is 1.35 bits per heavy atom. The molecule has 3 heterocycles. The first kappa shape index (κ1) is 12.8. The molecule has 4 nitrogen and oxygen atoms in total. The van der Waals surface area contributed by atoms with E-state index in [9.17, 15) is 0 Å². The number of hydrogen-bond acceptors (Lipinski definition) is 3. The fourth-order valence-electron chi connectivity index (χ4n) is 3.87. The molecule has 0 unspecified atom stereocenters. The van der Waals surface area contributed by atoms with Crippen LogP contribution in [0.2, 0.25) is 0 Å². The third kappa shape index (κ3) is 2.51. The Morgan fingerprint density at radius 3 is 2.80 bits per heavy atom. The lowest BCUT2D eigenvalue weighted by atomic mass is 9.84. The second kappa shape index (κ2) is 4.85. The van der Waals surface area contributed by atoms with Gasteiger partial charge in [-0.05, 0) is 43.6 Å². The summed E-state index contributed by atoms with van der Waals surface area (Å²) in [6.45, 7) is 4.68. The van der Waals surface area contributed by atoms with Crippen LogP contribution in [0.3, 0.4) is 0 Å². The van der Waals surface area contributed by atoms with E-state index in [1.165, 1.54) is 57.3 Å². The van der Waals surface area contributed by atoms with Crippen LogP contribution in [-0.4, -0.2) is 46.5 Å².